The van der Waals surface area contributed by atoms with E-state index in [1.807, 2.05) is 6.92 Å². The van der Waals surface area contributed by atoms with Gasteiger partial charge in [0, 0.05) is 11.8 Å². The third-order valence-electron chi connectivity index (χ3n) is 3.33. The molecule has 2 heteroatoms. The van der Waals surface area contributed by atoms with E-state index in [1.165, 1.54) is 11.1 Å². The molecule has 0 nitrogen and oxygen atoms in total. The Kier molecular flexibility index (Phi) is 3.07. The number of halogens is 2. The Bertz CT molecular complexity index is 403. The molecule has 2 unspecified atom stereocenters. The van der Waals surface area contributed by atoms with Gasteiger partial charge in [-0.15, -0.1) is 23.2 Å². The molecule has 0 radical (unpaired) electrons. The smallest absolute Gasteiger partial charge is 0.100 e. The molecular weight excluding hydrogens is 239 g/mol. The van der Waals surface area contributed by atoms with Crippen molar-refractivity contribution in [2.24, 2.45) is 5.92 Å². The van der Waals surface area contributed by atoms with E-state index >= 15 is 0 Å². The Morgan fingerprint density at radius 1 is 1.31 bits per heavy atom. The molecule has 0 saturated heterocycles. The van der Waals surface area contributed by atoms with E-state index < -0.39 is 4.33 Å². The van der Waals surface area contributed by atoms with Crippen molar-refractivity contribution in [1.82, 2.24) is 0 Å². The van der Waals surface area contributed by atoms with Crippen molar-refractivity contribution in [3.63, 3.8) is 0 Å². The highest BCUT2D eigenvalue weighted by Crippen LogP contribution is 2.67. The minimum Gasteiger partial charge on any atom is -0.100 e. The number of hydrogen-bond acceptors (Lipinski definition) is 0. The van der Waals surface area contributed by atoms with E-state index in [2.05, 4.69) is 37.8 Å². The standard InChI is InChI=1S/C14H16Cl2/c1-4-10-5-7-11(8-6-10)13-12(9(2)3)14(13,15)16/h5-8,12-13H,2,4H2,1,3H3. The molecule has 0 spiro atoms. The Morgan fingerprint density at radius 2 is 1.88 bits per heavy atom. The molecule has 0 heterocycles. The molecule has 0 aromatic heterocycles. The fourth-order valence-electron chi connectivity index (χ4n) is 2.32. The van der Waals surface area contributed by atoms with E-state index in [4.69, 9.17) is 23.2 Å². The third-order valence-corrected chi connectivity index (χ3v) is 4.27. The van der Waals surface area contributed by atoms with Crippen molar-refractivity contribution in [2.75, 3.05) is 0 Å². The normalized spacial score (nSPS) is 26.5. The van der Waals surface area contributed by atoms with Crippen LogP contribution >= 0.6 is 23.2 Å². The van der Waals surface area contributed by atoms with Gasteiger partial charge in [-0.1, -0.05) is 43.3 Å². The molecule has 2 atom stereocenters. The van der Waals surface area contributed by atoms with Gasteiger partial charge in [0.2, 0.25) is 0 Å². The highest BCUT2D eigenvalue weighted by molar-refractivity contribution is 6.52. The van der Waals surface area contributed by atoms with Crippen LogP contribution in [0.25, 0.3) is 0 Å². The highest BCUT2D eigenvalue weighted by Gasteiger charge is 2.63. The summed E-state index contributed by atoms with van der Waals surface area (Å²) in [6, 6.07) is 8.55. The summed E-state index contributed by atoms with van der Waals surface area (Å²) in [7, 11) is 0. The summed E-state index contributed by atoms with van der Waals surface area (Å²) in [5.41, 5.74) is 3.62. The Morgan fingerprint density at radius 3 is 2.25 bits per heavy atom. The molecule has 86 valence electrons. The second-order valence-electron chi connectivity index (χ2n) is 4.57. The second kappa shape index (κ2) is 4.09. The summed E-state index contributed by atoms with van der Waals surface area (Å²) in [6.45, 7) is 8.09. The Balaban J connectivity index is 2.23. The van der Waals surface area contributed by atoms with Gasteiger partial charge in [0.1, 0.15) is 4.33 Å². The first-order valence-electron chi connectivity index (χ1n) is 5.60. The summed E-state index contributed by atoms with van der Waals surface area (Å²) in [5, 5.41) is 0. The topological polar surface area (TPSA) is 0 Å². The fraction of sp³-hybridized carbons (Fsp3) is 0.429. The first-order valence-corrected chi connectivity index (χ1v) is 6.36. The predicted molar refractivity (Wildman–Crippen MR) is 71.3 cm³/mol. The van der Waals surface area contributed by atoms with Crippen LogP contribution in [-0.4, -0.2) is 4.33 Å². The highest BCUT2D eigenvalue weighted by atomic mass is 35.5. The predicted octanol–water partition coefficient (Wildman–Crippen LogP) is 4.71. The summed E-state index contributed by atoms with van der Waals surface area (Å²) >= 11 is 12.6. The van der Waals surface area contributed by atoms with Gasteiger partial charge in [-0.2, -0.15) is 0 Å². The van der Waals surface area contributed by atoms with Crippen molar-refractivity contribution in [3.05, 3.63) is 47.5 Å². The average Bonchev–Trinajstić information content (AvgIpc) is 2.82. The van der Waals surface area contributed by atoms with Gasteiger partial charge in [0.25, 0.3) is 0 Å². The van der Waals surface area contributed by atoms with Crippen LogP contribution in [0, 0.1) is 5.92 Å². The average molecular weight is 255 g/mol. The second-order valence-corrected chi connectivity index (χ2v) is 6.02. The largest absolute Gasteiger partial charge is 0.132 e. The van der Waals surface area contributed by atoms with Crippen LogP contribution in [0.2, 0.25) is 0 Å². The minimum absolute atomic E-state index is 0.198. The van der Waals surface area contributed by atoms with Gasteiger partial charge < -0.3 is 0 Å². The van der Waals surface area contributed by atoms with Crippen LogP contribution in [0.5, 0.6) is 0 Å². The molecule has 1 aromatic rings. The van der Waals surface area contributed by atoms with Crippen molar-refractivity contribution < 1.29 is 0 Å². The number of alkyl halides is 2. The molecule has 1 aliphatic carbocycles. The van der Waals surface area contributed by atoms with Gasteiger partial charge in [-0.25, -0.2) is 0 Å². The van der Waals surface area contributed by atoms with Crippen LogP contribution in [-0.2, 0) is 6.42 Å². The van der Waals surface area contributed by atoms with E-state index in [0.717, 1.165) is 12.0 Å². The van der Waals surface area contributed by atoms with Crippen LogP contribution in [0.3, 0.4) is 0 Å². The molecule has 0 aliphatic heterocycles. The number of hydrogen-bond donors (Lipinski definition) is 0. The lowest BCUT2D eigenvalue weighted by Gasteiger charge is -2.02. The van der Waals surface area contributed by atoms with E-state index in [9.17, 15) is 0 Å². The quantitative estimate of drug-likeness (QED) is 0.542. The first-order chi connectivity index (χ1) is 7.48. The molecule has 1 saturated carbocycles. The Hall–Kier alpha value is -0.460. The summed E-state index contributed by atoms with van der Waals surface area (Å²) in [6.07, 6.45) is 1.06. The maximum atomic E-state index is 6.28. The molecule has 0 N–H and O–H groups in total. The van der Waals surface area contributed by atoms with Crippen LogP contribution < -0.4 is 0 Å². The van der Waals surface area contributed by atoms with E-state index in [-0.39, 0.29) is 11.8 Å². The molecular formula is C14H16Cl2. The lowest BCUT2D eigenvalue weighted by atomic mass is 10.0. The first kappa shape index (κ1) is 12.0. The van der Waals surface area contributed by atoms with E-state index in [0.29, 0.717) is 0 Å². The molecule has 1 aliphatic rings. The number of rotatable bonds is 3. The minimum atomic E-state index is -0.653. The van der Waals surface area contributed by atoms with Gasteiger partial charge in [0.15, 0.2) is 0 Å². The van der Waals surface area contributed by atoms with Crippen LogP contribution in [0.4, 0.5) is 0 Å². The van der Waals surface area contributed by atoms with Crippen LogP contribution in [0.1, 0.15) is 30.9 Å². The van der Waals surface area contributed by atoms with E-state index in [1.54, 1.807) is 0 Å². The van der Waals surface area contributed by atoms with Crippen molar-refractivity contribution in [1.29, 1.82) is 0 Å². The maximum Gasteiger partial charge on any atom is 0.132 e. The summed E-state index contributed by atoms with van der Waals surface area (Å²) < 4.78 is -0.653. The monoisotopic (exact) mass is 254 g/mol. The van der Waals surface area contributed by atoms with Crippen LogP contribution in [0.15, 0.2) is 36.4 Å². The fourth-order valence-corrected chi connectivity index (χ4v) is 3.32. The van der Waals surface area contributed by atoms with Crippen molar-refractivity contribution in [3.8, 4) is 0 Å². The molecule has 1 fully saturated rings. The zero-order chi connectivity index (χ0) is 11.9. The molecule has 2 rings (SSSR count). The lowest BCUT2D eigenvalue weighted by molar-refractivity contribution is 0.940. The summed E-state index contributed by atoms with van der Waals surface area (Å²) in [5.74, 6) is 0.405. The van der Waals surface area contributed by atoms with Gasteiger partial charge >= 0.3 is 0 Å². The zero-order valence-electron chi connectivity index (χ0n) is 9.63. The third kappa shape index (κ3) is 1.89. The number of aryl methyl sites for hydroxylation is 1. The SMILES string of the molecule is C=C(C)C1C(c2ccc(CC)cc2)C1(Cl)Cl. The summed E-state index contributed by atoms with van der Waals surface area (Å²) in [4.78, 5) is 0. The van der Waals surface area contributed by atoms with Crippen molar-refractivity contribution in [2.45, 2.75) is 30.5 Å². The molecule has 16 heavy (non-hydrogen) atoms. The number of allylic oxidation sites excluding steroid dienone is 1. The van der Waals surface area contributed by atoms with Gasteiger partial charge in [-0.3, -0.25) is 0 Å². The van der Waals surface area contributed by atoms with Gasteiger partial charge in [0.05, 0.1) is 0 Å². The van der Waals surface area contributed by atoms with Crippen molar-refractivity contribution >= 4 is 23.2 Å². The molecule has 0 amide bonds. The van der Waals surface area contributed by atoms with Gasteiger partial charge in [-0.05, 0) is 24.5 Å². The lowest BCUT2D eigenvalue weighted by Crippen LogP contribution is -1.91. The maximum absolute atomic E-state index is 6.28. The Labute approximate surface area is 107 Å². The number of benzene rings is 1. The molecule has 1 aromatic carbocycles. The molecule has 0 bridgehead atoms. The zero-order valence-corrected chi connectivity index (χ0v) is 11.1.